The number of rotatable bonds is 14. The quantitative estimate of drug-likeness (QED) is 0.179. The minimum Gasteiger partial charge on any atom is -0.493 e. The maximum Gasteiger partial charge on any atom is 0.537 e. The van der Waals surface area contributed by atoms with Crippen LogP contribution in [0.4, 0.5) is 0 Å². The number of hydrogen-bond donors (Lipinski definition) is 0. The van der Waals surface area contributed by atoms with Crippen LogP contribution < -0.4 is 19.4 Å². The summed E-state index contributed by atoms with van der Waals surface area (Å²) >= 11 is 0. The van der Waals surface area contributed by atoms with Crippen molar-refractivity contribution < 1.29 is 27.5 Å². The van der Waals surface area contributed by atoms with Crippen LogP contribution in [0.15, 0.2) is 60.7 Å². The average molecular weight is 535 g/mol. The standard InChI is InChI=1S/C31H38O6Si/c1-7-35-38(36-8-2,37-9-3)28-20-18-26(19-21-28)15-14-24-10-12-25(13-11-24)16-17-27-22-29(32-4)31(34-6)30(23-27)33-5/h10-23H,7-9H2,1-6H3. The summed E-state index contributed by atoms with van der Waals surface area (Å²) in [5.41, 5.74) is 4.24. The number of methoxy groups -OCH3 is 3. The molecule has 0 fully saturated rings. The minimum absolute atomic E-state index is 0.543. The van der Waals surface area contributed by atoms with E-state index in [1.54, 1.807) is 21.3 Å². The van der Waals surface area contributed by atoms with Gasteiger partial charge in [-0.3, -0.25) is 0 Å². The molecular weight excluding hydrogens is 496 g/mol. The second-order valence-electron chi connectivity index (χ2n) is 8.27. The van der Waals surface area contributed by atoms with E-state index in [4.69, 9.17) is 27.5 Å². The number of benzene rings is 3. The predicted octanol–water partition coefficient (Wildman–Crippen LogP) is 6.31. The monoisotopic (exact) mass is 534 g/mol. The van der Waals surface area contributed by atoms with Crippen LogP contribution in [-0.2, 0) is 13.3 Å². The summed E-state index contributed by atoms with van der Waals surface area (Å²) in [5.74, 6) is 1.83. The van der Waals surface area contributed by atoms with Gasteiger partial charge in [0.25, 0.3) is 0 Å². The van der Waals surface area contributed by atoms with Gasteiger partial charge < -0.3 is 27.5 Å². The highest BCUT2D eigenvalue weighted by molar-refractivity contribution is 6.75. The maximum absolute atomic E-state index is 6.01. The Hall–Kier alpha value is -3.36. The topological polar surface area (TPSA) is 55.4 Å². The first-order valence-corrected chi connectivity index (χ1v) is 14.5. The number of hydrogen-bond acceptors (Lipinski definition) is 6. The zero-order valence-corrected chi connectivity index (χ0v) is 24.2. The molecule has 0 aromatic heterocycles. The molecular formula is C31H38O6Si. The predicted molar refractivity (Wildman–Crippen MR) is 157 cm³/mol. The van der Waals surface area contributed by atoms with Crippen LogP contribution in [0.1, 0.15) is 43.0 Å². The molecule has 202 valence electrons. The van der Waals surface area contributed by atoms with E-state index in [1.165, 1.54) is 0 Å². The van der Waals surface area contributed by atoms with Gasteiger partial charge in [-0.05, 0) is 55.2 Å². The van der Waals surface area contributed by atoms with Gasteiger partial charge in [-0.25, -0.2) is 0 Å². The fraction of sp³-hybridized carbons (Fsp3) is 0.290. The van der Waals surface area contributed by atoms with Crippen molar-refractivity contribution in [1.82, 2.24) is 0 Å². The van der Waals surface area contributed by atoms with Gasteiger partial charge in [0.1, 0.15) is 0 Å². The largest absolute Gasteiger partial charge is 0.537 e. The van der Waals surface area contributed by atoms with Crippen LogP contribution in [0.3, 0.4) is 0 Å². The van der Waals surface area contributed by atoms with Crippen molar-refractivity contribution in [2.24, 2.45) is 0 Å². The van der Waals surface area contributed by atoms with E-state index in [0.717, 1.165) is 27.4 Å². The van der Waals surface area contributed by atoms with Gasteiger partial charge in [0, 0.05) is 25.0 Å². The Balaban J connectivity index is 1.71. The molecule has 0 radical (unpaired) electrons. The molecule has 7 heteroatoms. The molecule has 0 heterocycles. The first-order chi connectivity index (χ1) is 18.5. The zero-order valence-electron chi connectivity index (χ0n) is 23.2. The molecule has 0 aliphatic heterocycles. The molecule has 0 amide bonds. The Morgan fingerprint density at radius 1 is 0.526 bits per heavy atom. The lowest BCUT2D eigenvalue weighted by atomic mass is 10.1. The van der Waals surface area contributed by atoms with E-state index < -0.39 is 8.80 Å². The molecule has 3 rings (SSSR count). The molecule has 0 aliphatic rings. The molecule has 0 unspecified atom stereocenters. The lowest BCUT2D eigenvalue weighted by molar-refractivity contribution is 0.0859. The summed E-state index contributed by atoms with van der Waals surface area (Å²) in [6.45, 7) is 7.52. The van der Waals surface area contributed by atoms with Gasteiger partial charge in [0.2, 0.25) is 5.75 Å². The minimum atomic E-state index is -2.89. The molecule has 0 N–H and O–H groups in total. The summed E-state index contributed by atoms with van der Waals surface area (Å²) in [6.07, 6.45) is 8.26. The van der Waals surface area contributed by atoms with Crippen molar-refractivity contribution in [3.63, 3.8) is 0 Å². The third-order valence-corrected chi connectivity index (χ3v) is 8.87. The van der Waals surface area contributed by atoms with Gasteiger partial charge in [-0.2, -0.15) is 0 Å². The average Bonchev–Trinajstić information content (AvgIpc) is 2.95. The van der Waals surface area contributed by atoms with Crippen molar-refractivity contribution >= 4 is 38.3 Å². The van der Waals surface area contributed by atoms with Crippen molar-refractivity contribution in [3.05, 3.63) is 82.9 Å². The highest BCUT2D eigenvalue weighted by Crippen LogP contribution is 2.38. The van der Waals surface area contributed by atoms with Crippen LogP contribution in [0.2, 0.25) is 0 Å². The van der Waals surface area contributed by atoms with Gasteiger partial charge >= 0.3 is 8.80 Å². The van der Waals surface area contributed by atoms with Crippen molar-refractivity contribution in [2.45, 2.75) is 20.8 Å². The fourth-order valence-electron chi connectivity index (χ4n) is 4.04. The first-order valence-electron chi connectivity index (χ1n) is 12.8. The van der Waals surface area contributed by atoms with Gasteiger partial charge in [-0.1, -0.05) is 72.8 Å². The third kappa shape index (κ3) is 7.36. The second kappa shape index (κ2) is 14.5. The lowest BCUT2D eigenvalue weighted by Gasteiger charge is -2.28. The molecule has 0 saturated heterocycles. The van der Waals surface area contributed by atoms with E-state index in [0.29, 0.717) is 37.1 Å². The smallest absolute Gasteiger partial charge is 0.493 e. The molecule has 3 aromatic rings. The second-order valence-corrected chi connectivity index (χ2v) is 10.8. The molecule has 0 spiro atoms. The Morgan fingerprint density at radius 3 is 1.24 bits per heavy atom. The normalized spacial score (nSPS) is 11.8. The highest BCUT2D eigenvalue weighted by Gasteiger charge is 2.43. The van der Waals surface area contributed by atoms with E-state index in [-0.39, 0.29) is 0 Å². The van der Waals surface area contributed by atoms with Crippen LogP contribution in [0.5, 0.6) is 17.2 Å². The molecule has 0 saturated carbocycles. The Kier molecular flexibility index (Phi) is 11.2. The summed E-state index contributed by atoms with van der Waals surface area (Å²) in [5, 5.41) is 0.975. The Morgan fingerprint density at radius 2 is 0.895 bits per heavy atom. The van der Waals surface area contributed by atoms with E-state index in [9.17, 15) is 0 Å². The van der Waals surface area contributed by atoms with Crippen molar-refractivity contribution in [2.75, 3.05) is 41.2 Å². The van der Waals surface area contributed by atoms with Crippen molar-refractivity contribution in [1.29, 1.82) is 0 Å². The van der Waals surface area contributed by atoms with Crippen molar-refractivity contribution in [3.8, 4) is 17.2 Å². The first kappa shape index (κ1) is 29.2. The molecule has 0 aliphatic carbocycles. The van der Waals surface area contributed by atoms with E-state index in [1.807, 2.05) is 51.1 Å². The molecule has 0 bridgehead atoms. The van der Waals surface area contributed by atoms with Gasteiger partial charge in [0.15, 0.2) is 11.5 Å². The summed E-state index contributed by atoms with van der Waals surface area (Å²) in [4.78, 5) is 0. The molecule has 6 nitrogen and oxygen atoms in total. The van der Waals surface area contributed by atoms with E-state index in [2.05, 4.69) is 54.6 Å². The lowest BCUT2D eigenvalue weighted by Crippen LogP contribution is -2.56. The van der Waals surface area contributed by atoms with Crippen LogP contribution >= 0.6 is 0 Å². The molecule has 38 heavy (non-hydrogen) atoms. The summed E-state index contributed by atoms with van der Waals surface area (Å²) < 4.78 is 34.3. The van der Waals surface area contributed by atoms with Gasteiger partial charge in [0.05, 0.1) is 21.3 Å². The summed E-state index contributed by atoms with van der Waals surface area (Å²) in [6, 6.07) is 20.4. The fourth-order valence-corrected chi connectivity index (χ4v) is 6.51. The van der Waals surface area contributed by atoms with Crippen LogP contribution in [0, 0.1) is 0 Å². The number of ether oxygens (including phenoxy) is 3. The van der Waals surface area contributed by atoms with Crippen LogP contribution in [-0.4, -0.2) is 50.0 Å². The zero-order chi connectivity index (χ0) is 27.4. The highest BCUT2D eigenvalue weighted by atomic mass is 28.4. The van der Waals surface area contributed by atoms with Gasteiger partial charge in [-0.15, -0.1) is 0 Å². The third-order valence-electron chi connectivity index (χ3n) is 5.83. The Labute approximate surface area is 227 Å². The Bertz CT molecular complexity index is 1160. The maximum atomic E-state index is 6.01. The molecule has 3 aromatic carbocycles. The SMILES string of the molecule is CCO[Si](OCC)(OCC)c1ccc(C=Cc2ccc(C=Cc3cc(OC)c(OC)c(OC)c3)cc2)cc1. The van der Waals surface area contributed by atoms with Crippen LogP contribution in [0.25, 0.3) is 24.3 Å². The summed E-state index contributed by atoms with van der Waals surface area (Å²) in [7, 11) is 1.94. The molecule has 0 atom stereocenters. The van der Waals surface area contributed by atoms with E-state index >= 15 is 0 Å².